The molecule has 3 heterocycles. The molecule has 1 aromatic rings. The summed E-state index contributed by atoms with van der Waals surface area (Å²) >= 11 is 0. The number of ether oxygens (including phenoxy) is 1. The fraction of sp³-hybridized carbons (Fsp3) is 0.579. The smallest absolute Gasteiger partial charge is 0.322 e. The van der Waals surface area contributed by atoms with Crippen LogP contribution >= 0.6 is 0 Å². The molecule has 0 radical (unpaired) electrons. The van der Waals surface area contributed by atoms with Crippen LogP contribution in [-0.4, -0.2) is 55.2 Å². The zero-order valence-corrected chi connectivity index (χ0v) is 14.7. The molecule has 3 amide bonds. The number of nitrogens with one attached hydrogen (secondary N) is 1. The molecule has 3 saturated heterocycles. The number of benzene rings is 1. The zero-order chi connectivity index (χ0) is 17.4. The van der Waals surface area contributed by atoms with Gasteiger partial charge in [-0.25, -0.2) is 4.79 Å². The van der Waals surface area contributed by atoms with Gasteiger partial charge in [0.05, 0.1) is 5.60 Å². The first kappa shape index (κ1) is 16.4. The van der Waals surface area contributed by atoms with Gasteiger partial charge < -0.3 is 15.0 Å². The topological polar surface area (TPSA) is 61.9 Å². The molecule has 4 rings (SSSR count). The Morgan fingerprint density at radius 1 is 1.20 bits per heavy atom. The number of amides is 3. The van der Waals surface area contributed by atoms with Crippen molar-refractivity contribution in [2.45, 2.75) is 38.2 Å². The third kappa shape index (κ3) is 2.99. The highest BCUT2D eigenvalue weighted by Crippen LogP contribution is 2.36. The van der Waals surface area contributed by atoms with E-state index in [9.17, 15) is 9.59 Å². The van der Waals surface area contributed by atoms with Gasteiger partial charge in [-0.3, -0.25) is 9.69 Å². The average molecular weight is 343 g/mol. The van der Waals surface area contributed by atoms with Crippen molar-refractivity contribution in [2.24, 2.45) is 0 Å². The summed E-state index contributed by atoms with van der Waals surface area (Å²) in [5.41, 5.74) is 2.51. The molecule has 25 heavy (non-hydrogen) atoms. The Morgan fingerprint density at radius 2 is 2.00 bits per heavy atom. The maximum absolute atomic E-state index is 12.9. The molecule has 3 aliphatic heterocycles. The molecule has 0 aliphatic carbocycles. The van der Waals surface area contributed by atoms with Gasteiger partial charge in [-0.2, -0.15) is 0 Å². The van der Waals surface area contributed by atoms with E-state index in [0.29, 0.717) is 18.7 Å². The monoisotopic (exact) mass is 343 g/mol. The highest BCUT2D eigenvalue weighted by atomic mass is 16.5. The van der Waals surface area contributed by atoms with E-state index in [2.05, 4.69) is 5.32 Å². The molecular formula is C19H25N3O3. The number of hydrogen-bond donors (Lipinski definition) is 1. The molecule has 1 aromatic carbocycles. The first-order valence-corrected chi connectivity index (χ1v) is 9.17. The van der Waals surface area contributed by atoms with E-state index in [1.54, 1.807) is 4.90 Å². The molecule has 0 unspecified atom stereocenters. The van der Waals surface area contributed by atoms with Gasteiger partial charge in [-0.1, -0.05) is 6.07 Å². The standard InChI is InChI=1S/C19H25N3O3/c1-14-3-4-15(13-16(14)22-11-8-20-18(22)24)17(23)21-9-6-19(7-10-21)5-2-12-25-19/h3-4,13H,2,5-12H2,1H3,(H,20,24). The Kier molecular flexibility index (Phi) is 4.15. The fourth-order valence-corrected chi connectivity index (χ4v) is 4.18. The van der Waals surface area contributed by atoms with Gasteiger partial charge in [0.25, 0.3) is 5.91 Å². The molecule has 0 atom stereocenters. The number of aryl methyl sites for hydroxylation is 1. The number of urea groups is 1. The highest BCUT2D eigenvalue weighted by molar-refractivity contribution is 5.99. The molecule has 0 aromatic heterocycles. The van der Waals surface area contributed by atoms with Crippen molar-refractivity contribution in [3.05, 3.63) is 29.3 Å². The predicted octanol–water partition coefficient (Wildman–Crippen LogP) is 2.31. The molecule has 3 aliphatic rings. The molecule has 3 fully saturated rings. The van der Waals surface area contributed by atoms with Gasteiger partial charge in [-0.15, -0.1) is 0 Å². The van der Waals surface area contributed by atoms with Gasteiger partial charge >= 0.3 is 6.03 Å². The van der Waals surface area contributed by atoms with Crippen LogP contribution in [-0.2, 0) is 4.74 Å². The van der Waals surface area contributed by atoms with Gasteiger partial charge in [0, 0.05) is 44.0 Å². The van der Waals surface area contributed by atoms with Crippen molar-refractivity contribution >= 4 is 17.6 Å². The number of rotatable bonds is 2. The number of nitrogens with zero attached hydrogens (tertiary/aromatic N) is 2. The lowest BCUT2D eigenvalue weighted by atomic mass is 9.88. The van der Waals surface area contributed by atoms with Gasteiger partial charge in [0.15, 0.2) is 0 Å². The summed E-state index contributed by atoms with van der Waals surface area (Å²) in [4.78, 5) is 28.5. The first-order valence-electron chi connectivity index (χ1n) is 9.17. The zero-order valence-electron chi connectivity index (χ0n) is 14.7. The molecule has 134 valence electrons. The number of carbonyl (C=O) groups is 2. The molecule has 6 nitrogen and oxygen atoms in total. The maximum atomic E-state index is 12.9. The van der Waals surface area contributed by atoms with Gasteiger partial charge in [-0.05, 0) is 50.3 Å². The second-order valence-electron chi connectivity index (χ2n) is 7.31. The summed E-state index contributed by atoms with van der Waals surface area (Å²) < 4.78 is 5.94. The van der Waals surface area contributed by atoms with E-state index < -0.39 is 0 Å². The van der Waals surface area contributed by atoms with Crippen LogP contribution in [0.15, 0.2) is 18.2 Å². The minimum absolute atomic E-state index is 0.0167. The Morgan fingerprint density at radius 3 is 2.64 bits per heavy atom. The van der Waals surface area contributed by atoms with Crippen LogP contribution in [0.3, 0.4) is 0 Å². The van der Waals surface area contributed by atoms with Crippen molar-refractivity contribution in [3.63, 3.8) is 0 Å². The molecule has 1 spiro atoms. The normalized spacial score (nSPS) is 22.5. The summed E-state index contributed by atoms with van der Waals surface area (Å²) in [5, 5.41) is 2.81. The lowest BCUT2D eigenvalue weighted by Crippen LogP contribution is -2.46. The molecule has 0 saturated carbocycles. The van der Waals surface area contributed by atoms with Crippen LogP contribution in [0.1, 0.15) is 41.6 Å². The van der Waals surface area contributed by atoms with E-state index in [4.69, 9.17) is 4.74 Å². The van der Waals surface area contributed by atoms with E-state index in [-0.39, 0.29) is 17.5 Å². The number of anilines is 1. The minimum Gasteiger partial charge on any atom is -0.375 e. The Balaban J connectivity index is 1.50. The number of carbonyl (C=O) groups excluding carboxylic acids is 2. The second-order valence-corrected chi connectivity index (χ2v) is 7.31. The lowest BCUT2D eigenvalue weighted by Gasteiger charge is -2.38. The Hall–Kier alpha value is -2.08. The van der Waals surface area contributed by atoms with Gasteiger partial charge in [0.2, 0.25) is 0 Å². The van der Waals surface area contributed by atoms with E-state index in [1.807, 2.05) is 30.0 Å². The van der Waals surface area contributed by atoms with Crippen LogP contribution in [0.25, 0.3) is 0 Å². The Bertz CT molecular complexity index is 687. The van der Waals surface area contributed by atoms with E-state index >= 15 is 0 Å². The third-order valence-corrected chi connectivity index (χ3v) is 5.75. The number of hydrogen-bond acceptors (Lipinski definition) is 3. The first-order chi connectivity index (χ1) is 12.1. The summed E-state index contributed by atoms with van der Waals surface area (Å²) in [5.74, 6) is 0.0497. The fourth-order valence-electron chi connectivity index (χ4n) is 4.18. The SMILES string of the molecule is Cc1ccc(C(=O)N2CCC3(CCCO3)CC2)cc1N1CCNC1=O. The van der Waals surface area contributed by atoms with Crippen LogP contribution in [0.4, 0.5) is 10.5 Å². The van der Waals surface area contributed by atoms with Crippen molar-refractivity contribution in [2.75, 3.05) is 37.7 Å². The van der Waals surface area contributed by atoms with Crippen molar-refractivity contribution in [3.8, 4) is 0 Å². The average Bonchev–Trinajstić information content (AvgIpc) is 3.25. The predicted molar refractivity (Wildman–Crippen MR) is 95.0 cm³/mol. The van der Waals surface area contributed by atoms with E-state index in [0.717, 1.165) is 56.6 Å². The van der Waals surface area contributed by atoms with Crippen molar-refractivity contribution < 1.29 is 14.3 Å². The van der Waals surface area contributed by atoms with Crippen molar-refractivity contribution in [1.29, 1.82) is 0 Å². The van der Waals surface area contributed by atoms with Crippen LogP contribution < -0.4 is 10.2 Å². The summed E-state index contributed by atoms with van der Waals surface area (Å²) in [6.45, 7) is 5.59. The van der Waals surface area contributed by atoms with Crippen LogP contribution in [0.5, 0.6) is 0 Å². The molecule has 6 heteroatoms. The quantitative estimate of drug-likeness (QED) is 0.896. The summed E-state index contributed by atoms with van der Waals surface area (Å²) in [6.07, 6.45) is 4.10. The van der Waals surface area contributed by atoms with Crippen LogP contribution in [0, 0.1) is 6.92 Å². The Labute approximate surface area is 148 Å². The molecule has 1 N–H and O–H groups in total. The largest absolute Gasteiger partial charge is 0.375 e. The van der Waals surface area contributed by atoms with Crippen LogP contribution in [0.2, 0.25) is 0 Å². The lowest BCUT2D eigenvalue weighted by molar-refractivity contribution is -0.0387. The van der Waals surface area contributed by atoms with E-state index in [1.165, 1.54) is 0 Å². The number of likely N-dealkylation sites (tertiary alicyclic amines) is 1. The molecule has 0 bridgehead atoms. The second kappa shape index (κ2) is 6.33. The maximum Gasteiger partial charge on any atom is 0.322 e. The number of piperidine rings is 1. The van der Waals surface area contributed by atoms with Crippen molar-refractivity contribution in [1.82, 2.24) is 10.2 Å². The highest BCUT2D eigenvalue weighted by Gasteiger charge is 2.39. The summed E-state index contributed by atoms with van der Waals surface area (Å²) in [6, 6.07) is 5.57. The minimum atomic E-state index is -0.0917. The molecular weight excluding hydrogens is 318 g/mol. The summed E-state index contributed by atoms with van der Waals surface area (Å²) in [7, 11) is 0. The van der Waals surface area contributed by atoms with Gasteiger partial charge in [0.1, 0.15) is 0 Å². The third-order valence-electron chi connectivity index (χ3n) is 5.75.